The van der Waals surface area contributed by atoms with E-state index in [4.69, 9.17) is 48.7 Å². The Morgan fingerprint density at radius 3 is 1.69 bits per heavy atom. The largest absolute Gasteiger partial charge is 0.496 e. The molecule has 2 saturated heterocycles. The number of aromatic nitrogens is 1. The van der Waals surface area contributed by atoms with Crippen LogP contribution in [-0.2, 0) is 42.5 Å². The second kappa shape index (κ2) is 21.2. The molecule has 0 radical (unpaired) electrons. The molecule has 0 bridgehead atoms. The summed E-state index contributed by atoms with van der Waals surface area (Å²) >= 11 is 13.7. The quantitative estimate of drug-likeness (QED) is 0.0863. The number of benzene rings is 4. The second-order valence-corrected chi connectivity index (χ2v) is 17.1. The molecule has 2 N–H and O–H groups in total. The van der Waals surface area contributed by atoms with Gasteiger partial charge in [-0.2, -0.15) is 0 Å². The Morgan fingerprint density at radius 1 is 0.688 bits per heavy atom. The van der Waals surface area contributed by atoms with Gasteiger partial charge in [0.15, 0.2) is 0 Å². The van der Waals surface area contributed by atoms with Gasteiger partial charge in [-0.1, -0.05) is 72.4 Å². The van der Waals surface area contributed by atoms with Gasteiger partial charge in [0.25, 0.3) is 0 Å². The van der Waals surface area contributed by atoms with Gasteiger partial charge in [0, 0.05) is 48.7 Å². The molecule has 7 rings (SSSR count). The number of carbonyl (C=O) groups is 2. The molecule has 2 aliphatic rings. The van der Waals surface area contributed by atoms with Gasteiger partial charge in [-0.25, -0.2) is 4.85 Å². The number of ether oxygens (including phenoxy) is 4. The lowest BCUT2D eigenvalue weighted by Gasteiger charge is -2.33. The number of carboxylic acids is 2. The number of nitrogens with zero attached hydrogens (tertiary/aromatic N) is 4. The molecule has 3 heterocycles. The number of halogens is 2. The molecule has 64 heavy (non-hydrogen) atoms. The van der Waals surface area contributed by atoms with Crippen LogP contribution in [0.1, 0.15) is 77.5 Å². The molecule has 2 atom stereocenters. The normalized spacial score (nSPS) is 16.8. The number of rotatable bonds is 17. The smallest absolute Gasteiger partial charge is 0.320 e. The summed E-state index contributed by atoms with van der Waals surface area (Å²) in [6, 6.07) is 19.9. The Hall–Kier alpha value is -5.84. The van der Waals surface area contributed by atoms with Crippen molar-refractivity contribution in [2.24, 2.45) is 0 Å². The maximum absolute atomic E-state index is 12.1. The van der Waals surface area contributed by atoms with Crippen LogP contribution in [-0.4, -0.2) is 69.2 Å². The van der Waals surface area contributed by atoms with E-state index in [1.54, 1.807) is 43.6 Å². The van der Waals surface area contributed by atoms with Crippen molar-refractivity contribution >= 4 is 40.8 Å². The van der Waals surface area contributed by atoms with Crippen molar-refractivity contribution in [3.8, 4) is 34.1 Å². The first-order chi connectivity index (χ1) is 30.9. The first kappa shape index (κ1) is 46.2. The van der Waals surface area contributed by atoms with E-state index in [0.717, 1.165) is 75.8 Å². The maximum Gasteiger partial charge on any atom is 0.320 e. The summed E-state index contributed by atoms with van der Waals surface area (Å²) < 4.78 is 24.8. The predicted octanol–water partition coefficient (Wildman–Crippen LogP) is 10.8. The van der Waals surface area contributed by atoms with E-state index in [-0.39, 0.29) is 19.8 Å². The van der Waals surface area contributed by atoms with Gasteiger partial charge >= 0.3 is 11.9 Å². The molecular weight excluding hydrogens is 855 g/mol. The zero-order valence-corrected chi connectivity index (χ0v) is 37.8. The number of hydrogen-bond acceptors (Lipinski definition) is 9. The van der Waals surface area contributed by atoms with Gasteiger partial charge in [0.05, 0.1) is 23.7 Å². The van der Waals surface area contributed by atoms with Crippen molar-refractivity contribution in [1.29, 1.82) is 0 Å². The van der Waals surface area contributed by atoms with Crippen LogP contribution in [0, 0.1) is 20.4 Å². The minimum absolute atomic E-state index is 0.139. The third kappa shape index (κ3) is 10.9. The summed E-state index contributed by atoms with van der Waals surface area (Å²) in [7, 11) is 1.59. The number of aliphatic carboxylic acids is 2. The molecule has 0 amide bonds. The number of piperidine rings is 2. The van der Waals surface area contributed by atoms with Crippen LogP contribution in [0.4, 0.5) is 5.69 Å². The van der Waals surface area contributed by atoms with Crippen molar-refractivity contribution in [3.63, 3.8) is 0 Å². The van der Waals surface area contributed by atoms with Gasteiger partial charge in [-0.05, 0) is 110 Å². The summed E-state index contributed by atoms with van der Waals surface area (Å²) in [4.78, 5) is 35.6. The first-order valence-electron chi connectivity index (χ1n) is 21.4. The third-order valence-corrected chi connectivity index (χ3v) is 12.8. The molecule has 0 saturated carbocycles. The Morgan fingerprint density at radius 2 is 1.19 bits per heavy atom. The summed E-state index contributed by atoms with van der Waals surface area (Å²) in [6.07, 6.45) is 7.93. The molecule has 14 heteroatoms. The zero-order valence-electron chi connectivity index (χ0n) is 36.2. The molecule has 5 aromatic rings. The minimum Gasteiger partial charge on any atom is -0.496 e. The van der Waals surface area contributed by atoms with Gasteiger partial charge < -0.3 is 29.2 Å². The first-order valence-corrected chi connectivity index (χ1v) is 22.2. The zero-order chi connectivity index (χ0) is 45.3. The van der Waals surface area contributed by atoms with E-state index < -0.39 is 24.0 Å². The minimum atomic E-state index is -0.848. The Balaban J connectivity index is 1.08. The van der Waals surface area contributed by atoms with Gasteiger partial charge in [-0.15, -0.1) is 0 Å². The SMILES string of the molecule is [C-]#[N+]c1cncc(COc2cc(OCc3cccc(-c4cccc(COc5cc(OC)c(CN6CCCC[C@H]6C(=O)O)cc5Cl)c4C)c3C)c(Cl)cc2CN2CCCC[C@H]2C(=O)O)c1. The van der Waals surface area contributed by atoms with Crippen LogP contribution >= 0.6 is 23.2 Å². The maximum atomic E-state index is 12.1. The molecule has 0 unspecified atom stereocenters. The number of carboxylic acid groups (broad SMARTS) is 2. The van der Waals surface area contributed by atoms with Crippen LogP contribution in [0.5, 0.6) is 23.0 Å². The highest BCUT2D eigenvalue weighted by molar-refractivity contribution is 6.32. The molecule has 2 aliphatic heterocycles. The second-order valence-electron chi connectivity index (χ2n) is 16.3. The Kier molecular flexibility index (Phi) is 15.3. The summed E-state index contributed by atoms with van der Waals surface area (Å²) in [5.74, 6) is 0.314. The fourth-order valence-electron chi connectivity index (χ4n) is 8.65. The highest BCUT2D eigenvalue weighted by atomic mass is 35.5. The molecule has 0 spiro atoms. The van der Waals surface area contributed by atoms with Crippen LogP contribution in [0.2, 0.25) is 10.0 Å². The van der Waals surface area contributed by atoms with E-state index in [1.165, 1.54) is 6.20 Å². The fraction of sp³-hybridized carbons (Fsp3) is 0.360. The highest BCUT2D eigenvalue weighted by Gasteiger charge is 2.31. The molecule has 4 aromatic carbocycles. The van der Waals surface area contributed by atoms with Crippen molar-refractivity contribution in [1.82, 2.24) is 14.8 Å². The van der Waals surface area contributed by atoms with Gasteiger partial charge in [0.2, 0.25) is 5.69 Å². The number of methoxy groups -OCH3 is 1. The van der Waals surface area contributed by atoms with Crippen molar-refractivity contribution in [3.05, 3.63) is 140 Å². The topological polar surface area (TPSA) is 135 Å². The Bertz CT molecular complexity index is 2540. The number of likely N-dealkylation sites (tertiary alicyclic amines) is 2. The molecule has 334 valence electrons. The van der Waals surface area contributed by atoms with Crippen molar-refractivity contribution in [2.75, 3.05) is 20.2 Å². The van der Waals surface area contributed by atoms with Crippen LogP contribution in [0.15, 0.2) is 79.1 Å². The van der Waals surface area contributed by atoms with E-state index in [1.807, 2.05) is 34.1 Å². The highest BCUT2D eigenvalue weighted by Crippen LogP contribution is 2.39. The van der Waals surface area contributed by atoms with E-state index in [0.29, 0.717) is 77.8 Å². The van der Waals surface area contributed by atoms with E-state index in [9.17, 15) is 19.8 Å². The fourth-order valence-corrected chi connectivity index (χ4v) is 9.13. The summed E-state index contributed by atoms with van der Waals surface area (Å²) in [6.45, 7) is 14.2. The average molecular weight is 908 g/mol. The van der Waals surface area contributed by atoms with Gasteiger partial charge in [0.1, 0.15) is 54.9 Å². The van der Waals surface area contributed by atoms with Gasteiger partial charge in [-0.3, -0.25) is 24.4 Å². The van der Waals surface area contributed by atoms with Crippen LogP contribution in [0.25, 0.3) is 16.0 Å². The average Bonchev–Trinajstić information content (AvgIpc) is 3.29. The molecule has 2 fully saturated rings. The predicted molar refractivity (Wildman–Crippen MR) is 246 cm³/mol. The molecule has 1 aromatic heterocycles. The monoisotopic (exact) mass is 906 g/mol. The van der Waals surface area contributed by atoms with Crippen LogP contribution in [0.3, 0.4) is 0 Å². The molecule has 12 nitrogen and oxygen atoms in total. The summed E-state index contributed by atoms with van der Waals surface area (Å²) in [5, 5.41) is 20.5. The lowest BCUT2D eigenvalue weighted by Crippen LogP contribution is -2.44. The van der Waals surface area contributed by atoms with Crippen molar-refractivity contribution in [2.45, 2.75) is 97.4 Å². The number of pyridine rings is 1. The summed E-state index contributed by atoms with van der Waals surface area (Å²) in [5.41, 5.74) is 8.76. The lowest BCUT2D eigenvalue weighted by atomic mass is 9.92. The lowest BCUT2D eigenvalue weighted by molar-refractivity contribution is -0.145. The standard InChI is InChI=1S/C50H52Cl2N4O8/c1-31-34(29-63-47-22-45(61-4)36(20-41(47)51)26-55-17-7-5-15-43(55)49(57)58)11-9-13-39(31)40-14-10-12-35(32(40)2)30-64-48-23-46(62-28-33-19-38(53-3)25-54-24-33)37(21-42(48)52)27-56-18-8-6-16-44(56)50(59)60/h9-14,19-25,43-44H,5-8,15-18,26-30H2,1-2,4H3,(H,57,58)(H,59,60)/t43-,44-/m0/s1. The van der Waals surface area contributed by atoms with Crippen molar-refractivity contribution < 1.29 is 38.7 Å². The Labute approximate surface area is 384 Å². The van der Waals surface area contributed by atoms with E-state index in [2.05, 4.69) is 35.8 Å². The molecular formula is C50H52Cl2N4O8. The molecule has 0 aliphatic carbocycles. The van der Waals surface area contributed by atoms with E-state index >= 15 is 0 Å². The number of hydrogen-bond donors (Lipinski definition) is 2. The third-order valence-electron chi connectivity index (χ3n) is 12.2. The van der Waals surface area contributed by atoms with Crippen LogP contribution < -0.4 is 18.9 Å².